The fourth-order valence-electron chi connectivity index (χ4n) is 2.42. The molecule has 7 nitrogen and oxygen atoms in total. The maximum Gasteiger partial charge on any atom is 0.335 e. The molecule has 136 valence electrons. The molecule has 0 saturated heterocycles. The number of hydrogen-bond donors (Lipinski definition) is 4. The lowest BCUT2D eigenvalue weighted by atomic mass is 10.1. The van der Waals surface area contributed by atoms with Crippen LogP contribution in [0.2, 0.25) is 0 Å². The number of carbonyl (C=O) groups is 3. The minimum Gasteiger partial charge on any atom is -0.478 e. The molecule has 2 aromatic carbocycles. The SMILES string of the molecule is O=C(NCCc1cccc(C(=O)O)c1)NCCc1cccc(C(=O)O)c1. The average molecular weight is 356 g/mol. The summed E-state index contributed by atoms with van der Waals surface area (Å²) in [5.41, 5.74) is 2.09. The highest BCUT2D eigenvalue weighted by Gasteiger charge is 2.05. The molecule has 26 heavy (non-hydrogen) atoms. The number of aromatic carboxylic acids is 2. The van der Waals surface area contributed by atoms with Gasteiger partial charge in [-0.15, -0.1) is 0 Å². The van der Waals surface area contributed by atoms with E-state index in [1.807, 2.05) is 12.1 Å². The standard InChI is InChI=1S/C19H20N2O5/c22-17(23)15-5-1-3-13(11-15)7-9-20-19(26)21-10-8-14-4-2-6-16(12-14)18(24)25/h1-6,11-12H,7-10H2,(H,22,23)(H,24,25)(H2,20,21,26). The summed E-state index contributed by atoms with van der Waals surface area (Å²) in [5, 5.41) is 23.3. The van der Waals surface area contributed by atoms with Crippen LogP contribution in [0.1, 0.15) is 31.8 Å². The molecular formula is C19H20N2O5. The molecule has 0 radical (unpaired) electrons. The molecular weight excluding hydrogens is 336 g/mol. The molecule has 0 aromatic heterocycles. The molecule has 0 aliphatic carbocycles. The summed E-state index contributed by atoms with van der Waals surface area (Å²) in [7, 11) is 0. The zero-order chi connectivity index (χ0) is 18.9. The minimum atomic E-state index is -0.982. The molecule has 2 rings (SSSR count). The average Bonchev–Trinajstić information content (AvgIpc) is 2.62. The summed E-state index contributed by atoms with van der Waals surface area (Å²) >= 11 is 0. The van der Waals surface area contributed by atoms with Crippen molar-refractivity contribution >= 4 is 18.0 Å². The van der Waals surface area contributed by atoms with E-state index in [1.165, 1.54) is 12.1 Å². The first kappa shape index (κ1) is 19.0. The van der Waals surface area contributed by atoms with Crippen LogP contribution >= 0.6 is 0 Å². The molecule has 2 amide bonds. The van der Waals surface area contributed by atoms with Gasteiger partial charge in [-0.25, -0.2) is 14.4 Å². The van der Waals surface area contributed by atoms with Crippen molar-refractivity contribution < 1.29 is 24.6 Å². The van der Waals surface area contributed by atoms with E-state index in [4.69, 9.17) is 10.2 Å². The number of amides is 2. The lowest BCUT2D eigenvalue weighted by molar-refractivity contribution is 0.0686. The molecule has 0 atom stereocenters. The maximum atomic E-state index is 11.8. The number of nitrogens with one attached hydrogen (secondary N) is 2. The van der Waals surface area contributed by atoms with Gasteiger partial charge >= 0.3 is 18.0 Å². The molecule has 4 N–H and O–H groups in total. The van der Waals surface area contributed by atoms with Gasteiger partial charge in [0.1, 0.15) is 0 Å². The van der Waals surface area contributed by atoms with E-state index in [-0.39, 0.29) is 17.2 Å². The molecule has 0 fully saturated rings. The molecule has 0 unspecified atom stereocenters. The van der Waals surface area contributed by atoms with Crippen LogP contribution in [0.4, 0.5) is 4.79 Å². The van der Waals surface area contributed by atoms with E-state index in [2.05, 4.69) is 10.6 Å². The quantitative estimate of drug-likeness (QED) is 0.578. The normalized spacial score (nSPS) is 10.2. The van der Waals surface area contributed by atoms with E-state index in [0.29, 0.717) is 25.9 Å². The van der Waals surface area contributed by atoms with Crippen LogP contribution in [0.15, 0.2) is 48.5 Å². The van der Waals surface area contributed by atoms with Crippen molar-refractivity contribution in [3.05, 3.63) is 70.8 Å². The number of benzene rings is 2. The Kier molecular flexibility index (Phi) is 6.73. The predicted octanol–water partition coefficient (Wildman–Crippen LogP) is 2.17. The number of rotatable bonds is 8. The van der Waals surface area contributed by atoms with Crippen LogP contribution in [-0.2, 0) is 12.8 Å². The fourth-order valence-corrected chi connectivity index (χ4v) is 2.42. The van der Waals surface area contributed by atoms with Crippen LogP contribution in [-0.4, -0.2) is 41.3 Å². The van der Waals surface area contributed by atoms with Gasteiger partial charge in [0.2, 0.25) is 0 Å². The summed E-state index contributed by atoms with van der Waals surface area (Å²) in [6.45, 7) is 0.757. The first-order valence-electron chi connectivity index (χ1n) is 8.12. The third kappa shape index (κ3) is 5.94. The van der Waals surface area contributed by atoms with Gasteiger partial charge in [0, 0.05) is 13.1 Å². The molecule has 0 bridgehead atoms. The fraction of sp³-hybridized carbons (Fsp3) is 0.211. The largest absolute Gasteiger partial charge is 0.478 e. The van der Waals surface area contributed by atoms with Crippen molar-refractivity contribution in [2.24, 2.45) is 0 Å². The Balaban J connectivity index is 1.71. The van der Waals surface area contributed by atoms with Crippen molar-refractivity contribution in [3.8, 4) is 0 Å². The first-order valence-corrected chi connectivity index (χ1v) is 8.12. The van der Waals surface area contributed by atoms with Crippen LogP contribution in [0.5, 0.6) is 0 Å². The van der Waals surface area contributed by atoms with Crippen LogP contribution in [0, 0.1) is 0 Å². The summed E-state index contributed by atoms with van der Waals surface area (Å²) in [5.74, 6) is -1.96. The van der Waals surface area contributed by atoms with E-state index >= 15 is 0 Å². The molecule has 2 aromatic rings. The van der Waals surface area contributed by atoms with Gasteiger partial charge in [-0.05, 0) is 48.2 Å². The summed E-state index contributed by atoms with van der Waals surface area (Å²) < 4.78 is 0. The Morgan fingerprint density at radius 2 is 1.15 bits per heavy atom. The second kappa shape index (κ2) is 9.22. The number of carboxylic acid groups (broad SMARTS) is 2. The topological polar surface area (TPSA) is 116 Å². The Morgan fingerprint density at radius 1 is 0.731 bits per heavy atom. The Morgan fingerprint density at radius 3 is 1.54 bits per heavy atom. The molecule has 7 heteroatoms. The summed E-state index contributed by atoms with van der Waals surface area (Å²) in [6.07, 6.45) is 1.05. The second-order valence-electron chi connectivity index (χ2n) is 5.69. The third-order valence-corrected chi connectivity index (χ3v) is 3.75. The summed E-state index contributed by atoms with van der Waals surface area (Å²) in [4.78, 5) is 33.6. The van der Waals surface area contributed by atoms with E-state index in [1.54, 1.807) is 24.3 Å². The first-order chi connectivity index (χ1) is 12.5. The van der Waals surface area contributed by atoms with Gasteiger partial charge < -0.3 is 20.8 Å². The highest BCUT2D eigenvalue weighted by molar-refractivity contribution is 5.88. The second-order valence-corrected chi connectivity index (χ2v) is 5.69. The summed E-state index contributed by atoms with van der Waals surface area (Å²) in [6, 6.07) is 12.8. The van der Waals surface area contributed by atoms with Crippen molar-refractivity contribution in [2.45, 2.75) is 12.8 Å². The number of carboxylic acids is 2. The molecule has 0 heterocycles. The van der Waals surface area contributed by atoms with Crippen molar-refractivity contribution in [3.63, 3.8) is 0 Å². The van der Waals surface area contributed by atoms with Gasteiger partial charge in [0.25, 0.3) is 0 Å². The number of carbonyl (C=O) groups excluding carboxylic acids is 1. The smallest absolute Gasteiger partial charge is 0.335 e. The Hall–Kier alpha value is -3.35. The van der Waals surface area contributed by atoms with Gasteiger partial charge in [-0.2, -0.15) is 0 Å². The Bertz CT molecular complexity index is 739. The van der Waals surface area contributed by atoms with Crippen molar-refractivity contribution in [1.29, 1.82) is 0 Å². The van der Waals surface area contributed by atoms with Gasteiger partial charge in [-0.1, -0.05) is 24.3 Å². The van der Waals surface area contributed by atoms with Crippen LogP contribution < -0.4 is 10.6 Å². The highest BCUT2D eigenvalue weighted by atomic mass is 16.4. The van der Waals surface area contributed by atoms with E-state index < -0.39 is 11.9 Å². The predicted molar refractivity (Wildman–Crippen MR) is 95.6 cm³/mol. The van der Waals surface area contributed by atoms with Crippen molar-refractivity contribution in [2.75, 3.05) is 13.1 Å². The van der Waals surface area contributed by atoms with Gasteiger partial charge in [0.05, 0.1) is 11.1 Å². The van der Waals surface area contributed by atoms with Crippen LogP contribution in [0.25, 0.3) is 0 Å². The monoisotopic (exact) mass is 356 g/mol. The molecule has 0 spiro atoms. The lowest BCUT2D eigenvalue weighted by Gasteiger charge is -2.08. The van der Waals surface area contributed by atoms with Crippen molar-refractivity contribution in [1.82, 2.24) is 10.6 Å². The maximum absolute atomic E-state index is 11.8. The van der Waals surface area contributed by atoms with E-state index in [9.17, 15) is 14.4 Å². The van der Waals surface area contributed by atoms with E-state index in [0.717, 1.165) is 11.1 Å². The zero-order valence-corrected chi connectivity index (χ0v) is 14.1. The Labute approximate surface area is 150 Å². The number of urea groups is 1. The van der Waals surface area contributed by atoms with Gasteiger partial charge in [0.15, 0.2) is 0 Å². The third-order valence-electron chi connectivity index (χ3n) is 3.75. The van der Waals surface area contributed by atoms with Crippen LogP contribution in [0.3, 0.4) is 0 Å². The lowest BCUT2D eigenvalue weighted by Crippen LogP contribution is -2.37. The molecule has 0 aliphatic heterocycles. The van der Waals surface area contributed by atoms with Gasteiger partial charge in [-0.3, -0.25) is 0 Å². The highest BCUT2D eigenvalue weighted by Crippen LogP contribution is 2.06. The minimum absolute atomic E-state index is 0.218. The zero-order valence-electron chi connectivity index (χ0n) is 14.1. The molecule has 0 saturated carbocycles. The number of hydrogen-bond acceptors (Lipinski definition) is 3. The molecule has 0 aliphatic rings.